The van der Waals surface area contributed by atoms with Crippen molar-refractivity contribution in [2.24, 2.45) is 0 Å². The molecule has 0 spiro atoms. The molecular formula is C53H34N2O2. The molecule has 4 nitrogen and oxygen atoms in total. The van der Waals surface area contributed by atoms with Crippen molar-refractivity contribution in [1.82, 2.24) is 4.98 Å². The van der Waals surface area contributed by atoms with Crippen molar-refractivity contribution < 1.29 is 8.83 Å². The van der Waals surface area contributed by atoms with E-state index in [0.29, 0.717) is 11.5 Å². The van der Waals surface area contributed by atoms with E-state index in [1.54, 1.807) is 0 Å². The molecule has 268 valence electrons. The zero-order valence-electron chi connectivity index (χ0n) is 30.8. The van der Waals surface area contributed by atoms with Crippen LogP contribution in [0.25, 0.3) is 88.6 Å². The van der Waals surface area contributed by atoms with Gasteiger partial charge in [-0.2, -0.15) is 0 Å². The van der Waals surface area contributed by atoms with Gasteiger partial charge in [-0.15, -0.1) is 0 Å². The van der Waals surface area contributed by atoms with Gasteiger partial charge in [-0.05, 0) is 93.2 Å². The number of anilines is 3. The molecule has 11 aromatic rings. The summed E-state index contributed by atoms with van der Waals surface area (Å²) in [6, 6.07) is 72.5. The molecule has 0 saturated carbocycles. The maximum Gasteiger partial charge on any atom is 0.227 e. The molecule has 0 atom stereocenters. The normalized spacial score (nSPS) is 11.5. The molecular weight excluding hydrogens is 697 g/mol. The highest BCUT2D eigenvalue weighted by molar-refractivity contribution is 6.10. The van der Waals surface area contributed by atoms with Gasteiger partial charge in [0.25, 0.3) is 0 Å². The largest absolute Gasteiger partial charge is 0.456 e. The van der Waals surface area contributed by atoms with Gasteiger partial charge < -0.3 is 13.7 Å². The van der Waals surface area contributed by atoms with E-state index in [-0.39, 0.29) is 0 Å². The fraction of sp³-hybridized carbons (Fsp3) is 0. The Morgan fingerprint density at radius 3 is 1.56 bits per heavy atom. The van der Waals surface area contributed by atoms with Crippen LogP contribution in [-0.4, -0.2) is 4.98 Å². The molecule has 0 N–H and O–H groups in total. The van der Waals surface area contributed by atoms with Gasteiger partial charge in [-0.3, -0.25) is 0 Å². The van der Waals surface area contributed by atoms with Crippen LogP contribution in [0.2, 0.25) is 0 Å². The van der Waals surface area contributed by atoms with Gasteiger partial charge >= 0.3 is 0 Å². The van der Waals surface area contributed by atoms with Crippen LogP contribution in [0.1, 0.15) is 0 Å². The lowest BCUT2D eigenvalue weighted by molar-refractivity contribution is 0.617. The van der Waals surface area contributed by atoms with Gasteiger partial charge in [0.1, 0.15) is 16.7 Å². The summed E-state index contributed by atoms with van der Waals surface area (Å²) in [5.74, 6) is 0.593. The Morgan fingerprint density at radius 1 is 0.333 bits per heavy atom. The summed E-state index contributed by atoms with van der Waals surface area (Å²) in [6.45, 7) is 0. The number of rotatable bonds is 7. The first kappa shape index (κ1) is 32.7. The SMILES string of the molecule is c1ccc(-c2nc3cc4c(cc3o2)oc2ccc(N(c3ccc(-c5ccc(-c6ccccc6)c6ccccc56)cc3)c3ccccc3-c3ccccc3)cc24)cc1. The third-order valence-electron chi connectivity index (χ3n) is 10.9. The number of oxazole rings is 1. The Labute approximate surface area is 329 Å². The van der Waals surface area contributed by atoms with Crippen LogP contribution in [0.3, 0.4) is 0 Å². The predicted molar refractivity (Wildman–Crippen MR) is 235 cm³/mol. The maximum atomic E-state index is 6.44. The maximum absolute atomic E-state index is 6.44. The second kappa shape index (κ2) is 13.6. The van der Waals surface area contributed by atoms with Gasteiger partial charge in [0.2, 0.25) is 5.89 Å². The summed E-state index contributed by atoms with van der Waals surface area (Å²) in [5, 5.41) is 4.47. The Kier molecular flexibility index (Phi) is 7.78. The van der Waals surface area contributed by atoms with Crippen molar-refractivity contribution in [2.75, 3.05) is 4.90 Å². The van der Waals surface area contributed by atoms with E-state index >= 15 is 0 Å². The van der Waals surface area contributed by atoms with Crippen LogP contribution in [-0.2, 0) is 0 Å². The zero-order chi connectivity index (χ0) is 37.7. The quantitative estimate of drug-likeness (QED) is 0.164. The Balaban J connectivity index is 1.05. The molecule has 0 saturated heterocycles. The van der Waals surface area contributed by atoms with Crippen molar-refractivity contribution in [1.29, 1.82) is 0 Å². The number of nitrogens with zero attached hydrogens (tertiary/aromatic N) is 2. The molecule has 0 radical (unpaired) electrons. The minimum absolute atomic E-state index is 0.593. The smallest absolute Gasteiger partial charge is 0.227 e. The number of hydrogen-bond donors (Lipinski definition) is 0. The number of fused-ring (bicyclic) bond motifs is 5. The van der Waals surface area contributed by atoms with Crippen LogP contribution in [0.5, 0.6) is 0 Å². The molecule has 0 aliphatic heterocycles. The third-order valence-corrected chi connectivity index (χ3v) is 10.9. The molecule has 0 aliphatic rings. The molecule has 0 aliphatic carbocycles. The average molecular weight is 731 g/mol. The molecule has 9 aromatic carbocycles. The number of aromatic nitrogens is 1. The van der Waals surface area contributed by atoms with Crippen molar-refractivity contribution in [3.8, 4) is 44.8 Å². The summed E-state index contributed by atoms with van der Waals surface area (Å²) in [7, 11) is 0. The number of benzene rings is 9. The molecule has 57 heavy (non-hydrogen) atoms. The lowest BCUT2D eigenvalue weighted by Crippen LogP contribution is -2.11. The molecule has 0 amide bonds. The molecule has 2 aromatic heterocycles. The fourth-order valence-corrected chi connectivity index (χ4v) is 8.20. The molecule has 0 unspecified atom stereocenters. The Morgan fingerprint density at radius 2 is 0.877 bits per heavy atom. The first-order chi connectivity index (χ1) is 28.2. The van der Waals surface area contributed by atoms with Crippen molar-refractivity contribution in [2.45, 2.75) is 0 Å². The molecule has 4 heteroatoms. The van der Waals surface area contributed by atoms with Gasteiger partial charge in [0, 0.05) is 39.3 Å². The van der Waals surface area contributed by atoms with Crippen molar-refractivity contribution in [3.05, 3.63) is 206 Å². The summed E-state index contributed by atoms with van der Waals surface area (Å²) in [5.41, 5.74) is 14.2. The molecule has 11 rings (SSSR count). The van der Waals surface area contributed by atoms with Gasteiger partial charge in [0.05, 0.1) is 5.69 Å². The van der Waals surface area contributed by atoms with E-state index in [9.17, 15) is 0 Å². The first-order valence-corrected chi connectivity index (χ1v) is 19.2. The van der Waals surface area contributed by atoms with Crippen LogP contribution < -0.4 is 4.90 Å². The third kappa shape index (κ3) is 5.74. The summed E-state index contributed by atoms with van der Waals surface area (Å²) in [4.78, 5) is 7.22. The van der Waals surface area contributed by atoms with Gasteiger partial charge in [0.15, 0.2) is 5.58 Å². The van der Waals surface area contributed by atoms with E-state index in [0.717, 1.165) is 66.8 Å². The topological polar surface area (TPSA) is 42.4 Å². The molecule has 0 bridgehead atoms. The highest BCUT2D eigenvalue weighted by Crippen LogP contribution is 2.44. The van der Waals surface area contributed by atoms with E-state index < -0.39 is 0 Å². The fourth-order valence-electron chi connectivity index (χ4n) is 8.20. The number of furan rings is 1. The Hall–Kier alpha value is -7.69. The lowest BCUT2D eigenvalue weighted by atomic mass is 9.92. The minimum atomic E-state index is 0.593. The summed E-state index contributed by atoms with van der Waals surface area (Å²) < 4.78 is 12.6. The van der Waals surface area contributed by atoms with Crippen LogP contribution in [0, 0.1) is 0 Å². The van der Waals surface area contributed by atoms with Crippen LogP contribution in [0.4, 0.5) is 17.1 Å². The van der Waals surface area contributed by atoms with E-state index in [4.69, 9.17) is 13.8 Å². The van der Waals surface area contributed by atoms with Crippen LogP contribution in [0.15, 0.2) is 215 Å². The van der Waals surface area contributed by atoms with Crippen LogP contribution >= 0.6 is 0 Å². The second-order valence-electron chi connectivity index (χ2n) is 14.3. The summed E-state index contributed by atoms with van der Waals surface area (Å²) in [6.07, 6.45) is 0. The lowest BCUT2D eigenvalue weighted by Gasteiger charge is -2.28. The van der Waals surface area contributed by atoms with Crippen molar-refractivity contribution in [3.63, 3.8) is 0 Å². The molecule has 0 fully saturated rings. The van der Waals surface area contributed by atoms with Gasteiger partial charge in [-0.1, -0.05) is 146 Å². The number of para-hydroxylation sites is 1. The first-order valence-electron chi connectivity index (χ1n) is 19.2. The monoisotopic (exact) mass is 730 g/mol. The zero-order valence-corrected chi connectivity index (χ0v) is 30.8. The van der Waals surface area contributed by atoms with E-state index in [1.807, 2.05) is 36.4 Å². The minimum Gasteiger partial charge on any atom is -0.456 e. The van der Waals surface area contributed by atoms with E-state index in [1.165, 1.54) is 27.5 Å². The number of hydrogen-bond acceptors (Lipinski definition) is 4. The average Bonchev–Trinajstić information content (AvgIpc) is 3.87. The molecule has 2 heterocycles. The van der Waals surface area contributed by atoms with Gasteiger partial charge in [-0.25, -0.2) is 4.98 Å². The highest BCUT2D eigenvalue weighted by Gasteiger charge is 2.20. The second-order valence-corrected chi connectivity index (χ2v) is 14.3. The highest BCUT2D eigenvalue weighted by atomic mass is 16.4. The van der Waals surface area contributed by atoms with E-state index in [2.05, 4.69) is 175 Å². The van der Waals surface area contributed by atoms with Crippen molar-refractivity contribution >= 4 is 60.9 Å². The standard InChI is InChI=1S/C53H34N2O2/c1-4-14-35(15-5-1)41-29-30-42(45-22-11-10-21-44(41)45)37-24-26-39(27-25-37)55(49-23-13-12-20-43(49)36-16-6-2-7-17-36)40-28-31-50-46(32-40)47-33-48-52(34-51(47)56-50)57-53(54-48)38-18-8-3-9-19-38/h1-34H. The predicted octanol–water partition coefficient (Wildman–Crippen LogP) is 15.0. The Bertz CT molecular complexity index is 3220. The summed E-state index contributed by atoms with van der Waals surface area (Å²) >= 11 is 0.